The van der Waals surface area contributed by atoms with Gasteiger partial charge in [-0.25, -0.2) is 0 Å². The van der Waals surface area contributed by atoms with Gasteiger partial charge >= 0.3 is 5.69 Å². The Morgan fingerprint density at radius 3 is 2.94 bits per heavy atom. The third-order valence-corrected chi connectivity index (χ3v) is 2.67. The van der Waals surface area contributed by atoms with E-state index < -0.39 is 22.3 Å². The van der Waals surface area contributed by atoms with E-state index in [1.807, 2.05) is 0 Å². The Balaban J connectivity index is 2.14. The summed E-state index contributed by atoms with van der Waals surface area (Å²) in [6, 6.07) is 2.97. The summed E-state index contributed by atoms with van der Waals surface area (Å²) in [5.41, 5.74) is -0.639. The van der Waals surface area contributed by atoms with Crippen molar-refractivity contribution >= 4 is 11.6 Å². The van der Waals surface area contributed by atoms with Crippen LogP contribution in [0.5, 0.6) is 0 Å². The highest BCUT2D eigenvalue weighted by Crippen LogP contribution is 2.18. The lowest BCUT2D eigenvalue weighted by molar-refractivity contribution is -0.387. The molecule has 0 radical (unpaired) electrons. The standard InChI is InChI=1S/C11H11FN2O4/c12-9-2-1-7(5-10(9)14(16)17)11(15)13-8-3-4-18-6-8/h1-2,5,8H,3-4,6H2,(H,13,15). The second kappa shape index (κ2) is 5.09. The second-order valence-electron chi connectivity index (χ2n) is 3.96. The van der Waals surface area contributed by atoms with Crippen molar-refractivity contribution in [3.8, 4) is 0 Å². The summed E-state index contributed by atoms with van der Waals surface area (Å²) in [4.78, 5) is 21.5. The highest BCUT2D eigenvalue weighted by atomic mass is 19.1. The zero-order valence-electron chi connectivity index (χ0n) is 9.39. The molecule has 0 aliphatic carbocycles. The molecule has 18 heavy (non-hydrogen) atoms. The maximum Gasteiger partial charge on any atom is 0.305 e. The number of halogens is 1. The van der Waals surface area contributed by atoms with Crippen LogP contribution >= 0.6 is 0 Å². The van der Waals surface area contributed by atoms with Gasteiger partial charge < -0.3 is 10.1 Å². The minimum Gasteiger partial charge on any atom is -0.379 e. The van der Waals surface area contributed by atoms with E-state index >= 15 is 0 Å². The van der Waals surface area contributed by atoms with Crippen LogP contribution in [0, 0.1) is 15.9 Å². The molecule has 0 aromatic heterocycles. The lowest BCUT2D eigenvalue weighted by Crippen LogP contribution is -2.35. The Morgan fingerprint density at radius 1 is 1.56 bits per heavy atom. The van der Waals surface area contributed by atoms with E-state index in [1.165, 1.54) is 6.07 Å². The molecule has 7 heteroatoms. The van der Waals surface area contributed by atoms with Crippen LogP contribution in [0.3, 0.4) is 0 Å². The summed E-state index contributed by atoms with van der Waals surface area (Å²) >= 11 is 0. The molecule has 2 rings (SSSR count). The van der Waals surface area contributed by atoms with Crippen molar-refractivity contribution < 1.29 is 18.8 Å². The van der Waals surface area contributed by atoms with Crippen molar-refractivity contribution in [2.45, 2.75) is 12.5 Å². The molecule has 1 amide bonds. The van der Waals surface area contributed by atoms with Gasteiger partial charge in [-0.15, -0.1) is 0 Å². The Morgan fingerprint density at radius 2 is 2.33 bits per heavy atom. The van der Waals surface area contributed by atoms with Gasteiger partial charge in [0.1, 0.15) is 0 Å². The zero-order chi connectivity index (χ0) is 13.1. The van der Waals surface area contributed by atoms with Gasteiger partial charge in [0, 0.05) is 18.2 Å². The average Bonchev–Trinajstić information content (AvgIpc) is 2.81. The van der Waals surface area contributed by atoms with Crippen LogP contribution in [-0.2, 0) is 4.74 Å². The number of nitrogens with zero attached hydrogens (tertiary/aromatic N) is 1. The predicted molar refractivity (Wildman–Crippen MR) is 59.7 cm³/mol. The van der Waals surface area contributed by atoms with Crippen molar-refractivity contribution in [2.24, 2.45) is 0 Å². The fourth-order valence-corrected chi connectivity index (χ4v) is 1.71. The number of carbonyl (C=O) groups excluding carboxylic acids is 1. The van der Waals surface area contributed by atoms with Crippen molar-refractivity contribution in [1.82, 2.24) is 5.32 Å². The fourth-order valence-electron chi connectivity index (χ4n) is 1.71. The highest BCUT2D eigenvalue weighted by Gasteiger charge is 2.21. The van der Waals surface area contributed by atoms with Gasteiger partial charge in [0.25, 0.3) is 5.91 Å². The molecule has 1 aliphatic heterocycles. The minimum absolute atomic E-state index is 0.0648. The number of nitrogens with one attached hydrogen (secondary N) is 1. The van der Waals surface area contributed by atoms with E-state index in [-0.39, 0.29) is 11.6 Å². The average molecular weight is 254 g/mol. The third kappa shape index (κ3) is 2.62. The molecular formula is C11H11FN2O4. The summed E-state index contributed by atoms with van der Waals surface area (Å²) < 4.78 is 18.2. The normalized spacial score (nSPS) is 18.6. The monoisotopic (exact) mass is 254 g/mol. The highest BCUT2D eigenvalue weighted by molar-refractivity contribution is 5.95. The molecule has 1 fully saturated rings. The van der Waals surface area contributed by atoms with E-state index in [9.17, 15) is 19.3 Å². The number of hydrogen-bond acceptors (Lipinski definition) is 4. The molecule has 96 valence electrons. The van der Waals surface area contributed by atoms with Gasteiger partial charge in [0.2, 0.25) is 5.82 Å². The summed E-state index contributed by atoms with van der Waals surface area (Å²) in [6.07, 6.45) is 0.703. The third-order valence-electron chi connectivity index (χ3n) is 2.67. The topological polar surface area (TPSA) is 81.5 Å². The van der Waals surface area contributed by atoms with Gasteiger partial charge in [-0.05, 0) is 18.6 Å². The van der Waals surface area contributed by atoms with Gasteiger partial charge in [0.05, 0.1) is 17.6 Å². The van der Waals surface area contributed by atoms with E-state index in [0.29, 0.717) is 19.6 Å². The Hall–Kier alpha value is -2.02. The van der Waals surface area contributed by atoms with E-state index in [4.69, 9.17) is 4.74 Å². The SMILES string of the molecule is O=C(NC1CCOC1)c1ccc(F)c([N+](=O)[O-])c1. The molecule has 1 N–H and O–H groups in total. The molecular weight excluding hydrogens is 243 g/mol. The Kier molecular flexibility index (Phi) is 3.52. The maximum absolute atomic E-state index is 13.1. The van der Waals surface area contributed by atoms with Gasteiger partial charge in [-0.1, -0.05) is 0 Å². The minimum atomic E-state index is -0.958. The quantitative estimate of drug-likeness (QED) is 0.650. The number of benzene rings is 1. The first-order chi connectivity index (χ1) is 8.58. The Labute approximate surface area is 102 Å². The van der Waals surface area contributed by atoms with Gasteiger partial charge in [-0.2, -0.15) is 4.39 Å². The van der Waals surface area contributed by atoms with Crippen LogP contribution in [-0.4, -0.2) is 30.1 Å². The van der Waals surface area contributed by atoms with Crippen molar-refractivity contribution in [3.05, 3.63) is 39.7 Å². The predicted octanol–water partition coefficient (Wildman–Crippen LogP) is 1.25. The first-order valence-electron chi connectivity index (χ1n) is 5.40. The number of carbonyl (C=O) groups is 1. The number of ether oxygens (including phenoxy) is 1. The Bertz CT molecular complexity index is 486. The van der Waals surface area contributed by atoms with Crippen LogP contribution in [0.1, 0.15) is 16.8 Å². The van der Waals surface area contributed by atoms with Crippen LogP contribution in [0.4, 0.5) is 10.1 Å². The number of rotatable bonds is 3. The first-order valence-corrected chi connectivity index (χ1v) is 5.40. The van der Waals surface area contributed by atoms with E-state index in [1.54, 1.807) is 0 Å². The van der Waals surface area contributed by atoms with Crippen molar-refractivity contribution in [3.63, 3.8) is 0 Å². The summed E-state index contributed by atoms with van der Waals surface area (Å²) in [5.74, 6) is -1.42. The molecule has 1 aliphatic rings. The van der Waals surface area contributed by atoms with Gasteiger partial charge in [-0.3, -0.25) is 14.9 Å². The summed E-state index contributed by atoms with van der Waals surface area (Å²) in [7, 11) is 0. The van der Waals surface area contributed by atoms with Crippen LogP contribution in [0.15, 0.2) is 18.2 Å². The smallest absolute Gasteiger partial charge is 0.305 e. The molecule has 1 aromatic carbocycles. The lowest BCUT2D eigenvalue weighted by atomic mass is 10.1. The molecule has 1 saturated heterocycles. The zero-order valence-corrected chi connectivity index (χ0v) is 9.39. The van der Waals surface area contributed by atoms with Crippen molar-refractivity contribution in [2.75, 3.05) is 13.2 Å². The molecule has 1 unspecified atom stereocenters. The molecule has 0 spiro atoms. The number of nitro benzene ring substituents is 1. The second-order valence-corrected chi connectivity index (χ2v) is 3.96. The molecule has 6 nitrogen and oxygen atoms in total. The fraction of sp³-hybridized carbons (Fsp3) is 0.364. The maximum atomic E-state index is 13.1. The van der Waals surface area contributed by atoms with Crippen molar-refractivity contribution in [1.29, 1.82) is 0 Å². The first kappa shape index (κ1) is 12.4. The van der Waals surface area contributed by atoms with Crippen LogP contribution in [0.25, 0.3) is 0 Å². The lowest BCUT2D eigenvalue weighted by Gasteiger charge is -2.10. The molecule has 1 heterocycles. The summed E-state index contributed by atoms with van der Waals surface area (Å²) in [5, 5.41) is 13.2. The largest absolute Gasteiger partial charge is 0.379 e. The number of amides is 1. The number of nitro groups is 1. The van der Waals surface area contributed by atoms with E-state index in [0.717, 1.165) is 12.1 Å². The van der Waals surface area contributed by atoms with Gasteiger partial charge in [0.15, 0.2) is 0 Å². The van der Waals surface area contributed by atoms with Crippen LogP contribution in [0.2, 0.25) is 0 Å². The van der Waals surface area contributed by atoms with Crippen LogP contribution < -0.4 is 5.32 Å². The molecule has 1 atom stereocenters. The number of hydrogen-bond donors (Lipinski definition) is 1. The molecule has 0 bridgehead atoms. The molecule has 1 aromatic rings. The van der Waals surface area contributed by atoms with E-state index in [2.05, 4.69) is 5.32 Å². The molecule has 0 saturated carbocycles. The summed E-state index contributed by atoms with van der Waals surface area (Å²) in [6.45, 7) is 1.00.